The molecule has 0 spiro atoms. The van der Waals surface area contributed by atoms with Crippen molar-refractivity contribution in [1.82, 2.24) is 10.2 Å². The predicted molar refractivity (Wildman–Crippen MR) is 61.9 cm³/mol. The Kier molecular flexibility index (Phi) is 4.61. The summed E-state index contributed by atoms with van der Waals surface area (Å²) in [6.07, 6.45) is -2.56. The van der Waals surface area contributed by atoms with Crippen molar-refractivity contribution in [2.24, 2.45) is 5.73 Å². The summed E-state index contributed by atoms with van der Waals surface area (Å²) in [6, 6.07) is -0.346. The Hall–Kier alpha value is -0.820. The molecule has 106 valence electrons. The molecule has 1 fully saturated rings. The van der Waals surface area contributed by atoms with E-state index < -0.39 is 17.6 Å². The van der Waals surface area contributed by atoms with Gasteiger partial charge in [0.05, 0.1) is 0 Å². The molecule has 2 atom stereocenters. The van der Waals surface area contributed by atoms with Gasteiger partial charge in [-0.2, -0.15) is 13.2 Å². The molecule has 7 heteroatoms. The van der Waals surface area contributed by atoms with E-state index in [1.165, 1.54) is 0 Å². The standard InChI is InChI=1S/C11H20F3N3O/c1-8(7-17-5-3-4-6-17)16-9(18)10(2,15)11(12,13)14/h8H,3-7,15H2,1-2H3,(H,16,18). The number of nitrogens with zero attached hydrogens (tertiary/aromatic N) is 1. The van der Waals surface area contributed by atoms with Crippen LogP contribution in [0.3, 0.4) is 0 Å². The quantitative estimate of drug-likeness (QED) is 0.794. The van der Waals surface area contributed by atoms with Crippen molar-refractivity contribution in [3.8, 4) is 0 Å². The van der Waals surface area contributed by atoms with Crippen LogP contribution >= 0.6 is 0 Å². The van der Waals surface area contributed by atoms with Gasteiger partial charge in [-0.3, -0.25) is 4.79 Å². The number of halogens is 3. The third-order valence-electron chi connectivity index (χ3n) is 3.17. The van der Waals surface area contributed by atoms with Crippen molar-refractivity contribution >= 4 is 5.91 Å². The highest BCUT2D eigenvalue weighted by atomic mass is 19.4. The largest absolute Gasteiger partial charge is 0.415 e. The lowest BCUT2D eigenvalue weighted by molar-refractivity contribution is -0.187. The number of nitrogens with one attached hydrogen (secondary N) is 1. The molecule has 0 aromatic carbocycles. The second kappa shape index (κ2) is 5.44. The Bertz CT molecular complexity index is 298. The number of rotatable bonds is 4. The van der Waals surface area contributed by atoms with Gasteiger partial charge in [-0.25, -0.2) is 0 Å². The number of hydrogen-bond acceptors (Lipinski definition) is 3. The van der Waals surface area contributed by atoms with Gasteiger partial charge in [-0.1, -0.05) is 0 Å². The molecule has 1 rings (SSSR count). The van der Waals surface area contributed by atoms with Crippen molar-refractivity contribution in [3.63, 3.8) is 0 Å². The van der Waals surface area contributed by atoms with E-state index in [1.807, 2.05) is 0 Å². The van der Waals surface area contributed by atoms with Crippen molar-refractivity contribution in [1.29, 1.82) is 0 Å². The van der Waals surface area contributed by atoms with Crippen LogP contribution in [0.5, 0.6) is 0 Å². The lowest BCUT2D eigenvalue weighted by Crippen LogP contribution is -2.63. The molecule has 1 aliphatic heterocycles. The number of nitrogens with two attached hydrogens (primary N) is 1. The van der Waals surface area contributed by atoms with Crippen molar-refractivity contribution < 1.29 is 18.0 Å². The van der Waals surface area contributed by atoms with E-state index in [0.29, 0.717) is 13.5 Å². The number of likely N-dealkylation sites (tertiary alicyclic amines) is 1. The zero-order valence-electron chi connectivity index (χ0n) is 10.7. The van der Waals surface area contributed by atoms with Crippen molar-refractivity contribution in [2.75, 3.05) is 19.6 Å². The topological polar surface area (TPSA) is 58.4 Å². The van der Waals surface area contributed by atoms with Crippen LogP contribution in [-0.2, 0) is 4.79 Å². The van der Waals surface area contributed by atoms with E-state index in [-0.39, 0.29) is 6.04 Å². The van der Waals surface area contributed by atoms with Crippen LogP contribution in [-0.4, -0.2) is 48.2 Å². The molecular weight excluding hydrogens is 247 g/mol. The number of hydrogen-bond donors (Lipinski definition) is 2. The maximum Gasteiger partial charge on any atom is 0.415 e. The SMILES string of the molecule is CC(CN1CCCC1)NC(=O)C(C)(N)C(F)(F)F. The first-order chi connectivity index (χ1) is 8.14. The minimum Gasteiger partial charge on any atom is -0.350 e. The van der Waals surface area contributed by atoms with Crippen LogP contribution in [0.25, 0.3) is 0 Å². The molecule has 0 saturated carbocycles. The average molecular weight is 267 g/mol. The van der Waals surface area contributed by atoms with Crippen LogP contribution in [0.1, 0.15) is 26.7 Å². The smallest absolute Gasteiger partial charge is 0.350 e. The minimum absolute atomic E-state index is 0.346. The molecule has 0 aromatic heterocycles. The van der Waals surface area contributed by atoms with Gasteiger partial charge in [0.25, 0.3) is 0 Å². The fourth-order valence-electron chi connectivity index (χ4n) is 1.90. The molecule has 18 heavy (non-hydrogen) atoms. The van der Waals surface area contributed by atoms with Crippen molar-refractivity contribution in [3.05, 3.63) is 0 Å². The first kappa shape index (κ1) is 15.2. The Labute approximate surface area is 105 Å². The third kappa shape index (κ3) is 3.58. The molecule has 0 aromatic rings. The van der Waals surface area contributed by atoms with Crippen LogP contribution in [0.15, 0.2) is 0 Å². The van der Waals surface area contributed by atoms with Crippen LogP contribution < -0.4 is 11.1 Å². The molecule has 1 aliphatic rings. The molecule has 0 radical (unpaired) electrons. The predicted octanol–water partition coefficient (Wildman–Crippen LogP) is 0.867. The zero-order chi connectivity index (χ0) is 14.0. The van der Waals surface area contributed by atoms with E-state index in [2.05, 4.69) is 10.2 Å². The monoisotopic (exact) mass is 267 g/mol. The van der Waals surface area contributed by atoms with Gasteiger partial charge in [-0.15, -0.1) is 0 Å². The van der Waals surface area contributed by atoms with E-state index in [1.54, 1.807) is 6.92 Å². The van der Waals surface area contributed by atoms with Crippen LogP contribution in [0, 0.1) is 0 Å². The summed E-state index contributed by atoms with van der Waals surface area (Å²) in [6.45, 7) is 4.78. The highest BCUT2D eigenvalue weighted by Gasteiger charge is 2.54. The molecule has 1 heterocycles. The van der Waals surface area contributed by atoms with Gasteiger partial charge in [0.15, 0.2) is 5.54 Å². The fourth-order valence-corrected chi connectivity index (χ4v) is 1.90. The first-order valence-corrected chi connectivity index (χ1v) is 6.03. The summed E-state index contributed by atoms with van der Waals surface area (Å²) in [7, 11) is 0. The van der Waals surface area contributed by atoms with Crippen molar-refractivity contribution in [2.45, 2.75) is 44.4 Å². The van der Waals surface area contributed by atoms with Gasteiger partial charge in [0, 0.05) is 12.6 Å². The molecule has 1 saturated heterocycles. The number of carbonyl (C=O) groups is 1. The summed E-state index contributed by atoms with van der Waals surface area (Å²) < 4.78 is 37.6. The summed E-state index contributed by atoms with van der Waals surface area (Å²) in [5, 5.41) is 2.33. The second-order valence-electron chi connectivity index (χ2n) is 5.08. The Morgan fingerprint density at radius 1 is 1.39 bits per heavy atom. The third-order valence-corrected chi connectivity index (χ3v) is 3.17. The first-order valence-electron chi connectivity index (χ1n) is 6.03. The Balaban J connectivity index is 2.48. The van der Waals surface area contributed by atoms with E-state index in [4.69, 9.17) is 5.73 Å². The average Bonchev–Trinajstić information content (AvgIpc) is 2.68. The van der Waals surface area contributed by atoms with Gasteiger partial charge in [0.1, 0.15) is 0 Å². The highest BCUT2D eigenvalue weighted by Crippen LogP contribution is 2.28. The number of alkyl halides is 3. The summed E-state index contributed by atoms with van der Waals surface area (Å²) in [5.41, 5.74) is 2.20. The van der Waals surface area contributed by atoms with Crippen LogP contribution in [0.4, 0.5) is 13.2 Å². The molecular formula is C11H20F3N3O. The van der Waals surface area contributed by atoms with Crippen LogP contribution in [0.2, 0.25) is 0 Å². The molecule has 4 nitrogen and oxygen atoms in total. The lowest BCUT2D eigenvalue weighted by Gasteiger charge is -2.29. The second-order valence-corrected chi connectivity index (χ2v) is 5.08. The zero-order valence-corrected chi connectivity index (χ0v) is 10.7. The number of amides is 1. The normalized spacial score (nSPS) is 22.6. The number of carbonyl (C=O) groups excluding carboxylic acids is 1. The molecule has 0 aliphatic carbocycles. The highest BCUT2D eigenvalue weighted by molar-refractivity contribution is 5.86. The maximum atomic E-state index is 12.5. The summed E-state index contributed by atoms with van der Waals surface area (Å²) in [5.74, 6) is -1.18. The van der Waals surface area contributed by atoms with Gasteiger partial charge < -0.3 is 16.0 Å². The van der Waals surface area contributed by atoms with E-state index in [9.17, 15) is 18.0 Å². The minimum atomic E-state index is -4.75. The Morgan fingerprint density at radius 2 is 1.89 bits per heavy atom. The van der Waals surface area contributed by atoms with Gasteiger partial charge in [-0.05, 0) is 39.8 Å². The molecule has 0 bridgehead atoms. The summed E-state index contributed by atoms with van der Waals surface area (Å²) >= 11 is 0. The molecule has 3 N–H and O–H groups in total. The Morgan fingerprint density at radius 3 is 2.33 bits per heavy atom. The van der Waals surface area contributed by atoms with Gasteiger partial charge >= 0.3 is 6.18 Å². The van der Waals surface area contributed by atoms with E-state index in [0.717, 1.165) is 25.9 Å². The lowest BCUT2D eigenvalue weighted by atomic mass is 10.0. The van der Waals surface area contributed by atoms with Gasteiger partial charge in [0.2, 0.25) is 5.91 Å². The maximum absolute atomic E-state index is 12.5. The van der Waals surface area contributed by atoms with E-state index >= 15 is 0 Å². The molecule has 2 unspecified atom stereocenters. The fraction of sp³-hybridized carbons (Fsp3) is 0.909. The summed E-state index contributed by atoms with van der Waals surface area (Å²) in [4.78, 5) is 13.6. The molecule has 1 amide bonds.